The first-order valence-corrected chi connectivity index (χ1v) is 9.61. The average Bonchev–Trinajstić information content (AvgIpc) is 2.78. The summed E-state index contributed by atoms with van der Waals surface area (Å²) in [5, 5.41) is 3.01. The van der Waals surface area contributed by atoms with Crippen molar-refractivity contribution in [2.24, 2.45) is 0 Å². The van der Waals surface area contributed by atoms with E-state index in [1.54, 1.807) is 56.9 Å². The van der Waals surface area contributed by atoms with Crippen LogP contribution in [0.1, 0.15) is 29.8 Å². The average molecular weight is 406 g/mol. The summed E-state index contributed by atoms with van der Waals surface area (Å²) in [7, 11) is 3.22. The second-order valence-corrected chi connectivity index (χ2v) is 7.45. The molecule has 1 N–H and O–H groups in total. The molecule has 0 aliphatic carbocycles. The monoisotopic (exact) mass is 406 g/mol. The number of pyridine rings is 1. The number of ether oxygens (including phenoxy) is 3. The Hall–Kier alpha value is -3.54. The van der Waals surface area contributed by atoms with Crippen molar-refractivity contribution in [3.05, 3.63) is 78.1 Å². The number of hydrogen-bond acceptors (Lipinski definition) is 5. The zero-order chi connectivity index (χ0) is 21.6. The molecule has 0 saturated carbocycles. The topological polar surface area (TPSA) is 69.7 Å². The van der Waals surface area contributed by atoms with Gasteiger partial charge in [0, 0.05) is 23.7 Å². The molecule has 1 amide bonds. The summed E-state index contributed by atoms with van der Waals surface area (Å²) in [5.41, 5.74) is 1.32. The minimum atomic E-state index is -0.293. The maximum absolute atomic E-state index is 12.6. The minimum Gasteiger partial charge on any atom is -0.493 e. The second-order valence-electron chi connectivity index (χ2n) is 7.45. The predicted molar refractivity (Wildman–Crippen MR) is 116 cm³/mol. The molecule has 0 saturated heterocycles. The molecule has 3 rings (SSSR count). The van der Waals surface area contributed by atoms with Crippen molar-refractivity contribution in [3.63, 3.8) is 0 Å². The lowest BCUT2D eigenvalue weighted by molar-refractivity contribution is 0.0945. The molecule has 2 aromatic carbocycles. The molecule has 1 aromatic heterocycles. The van der Waals surface area contributed by atoms with Crippen LogP contribution in [0, 0.1) is 0 Å². The largest absolute Gasteiger partial charge is 0.493 e. The number of nitrogens with zero attached hydrogens (tertiary/aromatic N) is 1. The van der Waals surface area contributed by atoms with Gasteiger partial charge in [0.1, 0.15) is 11.5 Å². The van der Waals surface area contributed by atoms with E-state index in [-0.39, 0.29) is 11.3 Å². The maximum Gasteiger partial charge on any atom is 0.251 e. The van der Waals surface area contributed by atoms with Gasteiger partial charge in [-0.1, -0.05) is 19.9 Å². The summed E-state index contributed by atoms with van der Waals surface area (Å²) in [5.74, 6) is 2.49. The van der Waals surface area contributed by atoms with E-state index >= 15 is 0 Å². The van der Waals surface area contributed by atoms with Gasteiger partial charge in [-0.05, 0) is 54.1 Å². The summed E-state index contributed by atoms with van der Waals surface area (Å²) in [6.07, 6.45) is 3.32. The quantitative estimate of drug-likeness (QED) is 0.592. The van der Waals surface area contributed by atoms with Gasteiger partial charge >= 0.3 is 0 Å². The number of methoxy groups -OCH3 is 2. The first-order chi connectivity index (χ1) is 14.4. The van der Waals surface area contributed by atoms with Gasteiger partial charge in [-0.25, -0.2) is 0 Å². The van der Waals surface area contributed by atoms with E-state index in [1.807, 2.05) is 24.3 Å². The molecule has 6 heteroatoms. The normalized spacial score (nSPS) is 10.9. The van der Waals surface area contributed by atoms with Crippen molar-refractivity contribution < 1.29 is 19.0 Å². The highest BCUT2D eigenvalue weighted by molar-refractivity contribution is 5.94. The third-order valence-corrected chi connectivity index (χ3v) is 4.84. The summed E-state index contributed by atoms with van der Waals surface area (Å²) in [4.78, 5) is 16.6. The van der Waals surface area contributed by atoms with E-state index in [4.69, 9.17) is 14.2 Å². The molecule has 0 unspecified atom stereocenters. The third kappa shape index (κ3) is 5.08. The number of amides is 1. The van der Waals surface area contributed by atoms with Gasteiger partial charge in [0.05, 0.1) is 20.4 Å². The Bertz CT molecular complexity index is 986. The Morgan fingerprint density at radius 3 is 2.33 bits per heavy atom. The fourth-order valence-corrected chi connectivity index (χ4v) is 2.98. The zero-order valence-electron chi connectivity index (χ0n) is 17.6. The molecular weight excluding hydrogens is 380 g/mol. The number of nitrogens with one attached hydrogen (secondary N) is 1. The van der Waals surface area contributed by atoms with Crippen molar-refractivity contribution in [1.29, 1.82) is 0 Å². The number of hydrogen-bond donors (Lipinski definition) is 1. The maximum atomic E-state index is 12.6. The summed E-state index contributed by atoms with van der Waals surface area (Å²) >= 11 is 0. The summed E-state index contributed by atoms with van der Waals surface area (Å²) in [6.45, 7) is 4.61. The molecule has 0 radical (unpaired) electrons. The Balaban J connectivity index is 1.63. The summed E-state index contributed by atoms with van der Waals surface area (Å²) in [6, 6.07) is 16.4. The molecule has 1 heterocycles. The van der Waals surface area contributed by atoms with E-state index in [0.29, 0.717) is 35.1 Å². The highest BCUT2D eigenvalue weighted by Gasteiger charge is 2.23. The van der Waals surface area contributed by atoms with Crippen molar-refractivity contribution in [2.45, 2.75) is 19.3 Å². The van der Waals surface area contributed by atoms with Crippen LogP contribution in [-0.4, -0.2) is 31.7 Å². The van der Waals surface area contributed by atoms with Crippen LogP contribution in [0.2, 0.25) is 0 Å². The Labute approximate surface area is 176 Å². The molecule has 30 heavy (non-hydrogen) atoms. The summed E-state index contributed by atoms with van der Waals surface area (Å²) < 4.78 is 16.4. The van der Waals surface area contributed by atoms with Crippen molar-refractivity contribution in [2.75, 3.05) is 20.8 Å². The van der Waals surface area contributed by atoms with Crippen LogP contribution in [0.4, 0.5) is 0 Å². The first-order valence-electron chi connectivity index (χ1n) is 9.61. The third-order valence-electron chi connectivity index (χ3n) is 4.84. The molecular formula is C24H26N2O4. The molecule has 0 spiro atoms. The highest BCUT2D eigenvalue weighted by Crippen LogP contribution is 2.33. The van der Waals surface area contributed by atoms with Crippen LogP contribution in [0.5, 0.6) is 23.0 Å². The standard InChI is InChI=1S/C24H26N2O4/c1-24(2,18-9-12-21(28-3)22(14-18)29-4)16-26-23(27)17-7-10-19(11-8-17)30-20-6-5-13-25-15-20/h5-15H,16H2,1-4H3,(H,26,27). The van der Waals surface area contributed by atoms with Crippen molar-refractivity contribution in [1.82, 2.24) is 10.3 Å². The van der Waals surface area contributed by atoms with Gasteiger partial charge in [-0.15, -0.1) is 0 Å². The van der Waals surface area contributed by atoms with E-state index in [2.05, 4.69) is 24.1 Å². The lowest BCUT2D eigenvalue weighted by atomic mass is 9.84. The molecule has 6 nitrogen and oxygen atoms in total. The van der Waals surface area contributed by atoms with E-state index in [1.165, 1.54) is 0 Å². The zero-order valence-corrected chi connectivity index (χ0v) is 17.6. The lowest BCUT2D eigenvalue weighted by Crippen LogP contribution is -2.36. The fourth-order valence-electron chi connectivity index (χ4n) is 2.98. The number of carbonyl (C=O) groups is 1. The molecule has 0 aliphatic rings. The molecule has 0 bridgehead atoms. The Morgan fingerprint density at radius 1 is 0.967 bits per heavy atom. The van der Waals surface area contributed by atoms with Gasteiger partial charge in [-0.2, -0.15) is 0 Å². The van der Waals surface area contributed by atoms with E-state index < -0.39 is 0 Å². The van der Waals surface area contributed by atoms with Crippen LogP contribution < -0.4 is 19.5 Å². The molecule has 0 atom stereocenters. The van der Waals surface area contributed by atoms with E-state index in [0.717, 1.165) is 5.56 Å². The number of rotatable bonds is 8. The van der Waals surface area contributed by atoms with Crippen LogP contribution in [0.3, 0.4) is 0 Å². The van der Waals surface area contributed by atoms with Crippen LogP contribution >= 0.6 is 0 Å². The van der Waals surface area contributed by atoms with Gasteiger partial charge in [0.2, 0.25) is 0 Å². The minimum absolute atomic E-state index is 0.142. The fraction of sp³-hybridized carbons (Fsp3) is 0.250. The van der Waals surface area contributed by atoms with Crippen molar-refractivity contribution >= 4 is 5.91 Å². The van der Waals surface area contributed by atoms with Gasteiger partial charge in [-0.3, -0.25) is 9.78 Å². The Morgan fingerprint density at radius 2 is 1.70 bits per heavy atom. The highest BCUT2D eigenvalue weighted by atomic mass is 16.5. The van der Waals surface area contributed by atoms with Gasteiger partial charge in [0.15, 0.2) is 11.5 Å². The van der Waals surface area contributed by atoms with E-state index in [9.17, 15) is 4.79 Å². The number of benzene rings is 2. The number of carbonyl (C=O) groups excluding carboxylic acids is 1. The lowest BCUT2D eigenvalue weighted by Gasteiger charge is -2.26. The smallest absolute Gasteiger partial charge is 0.251 e. The second kappa shape index (κ2) is 9.31. The van der Waals surface area contributed by atoms with Gasteiger partial charge in [0.25, 0.3) is 5.91 Å². The molecule has 156 valence electrons. The van der Waals surface area contributed by atoms with Crippen LogP contribution in [-0.2, 0) is 5.41 Å². The van der Waals surface area contributed by atoms with Gasteiger partial charge < -0.3 is 19.5 Å². The Kier molecular flexibility index (Phi) is 6.57. The first kappa shape index (κ1) is 21.2. The van der Waals surface area contributed by atoms with Crippen LogP contribution in [0.25, 0.3) is 0 Å². The SMILES string of the molecule is COc1ccc(C(C)(C)CNC(=O)c2ccc(Oc3cccnc3)cc2)cc1OC. The molecule has 0 aliphatic heterocycles. The van der Waals surface area contributed by atoms with Crippen molar-refractivity contribution in [3.8, 4) is 23.0 Å². The number of aromatic nitrogens is 1. The predicted octanol–water partition coefficient (Wildman–Crippen LogP) is 4.60. The van der Waals surface area contributed by atoms with Crippen LogP contribution in [0.15, 0.2) is 67.0 Å². The molecule has 0 fully saturated rings. The molecule has 3 aromatic rings.